The molecule has 2 aromatic rings. The Morgan fingerprint density at radius 3 is 2.68 bits per heavy atom. The summed E-state index contributed by atoms with van der Waals surface area (Å²) in [4.78, 5) is 23.7. The SMILES string of the molecule is CCOC(=O)COc1c(Br)cc(/C=N\NC(=O)c2ccccc2C)cc1OC. The van der Waals surface area contributed by atoms with Crippen molar-refractivity contribution >= 4 is 34.0 Å². The zero-order chi connectivity index (χ0) is 20.5. The Bertz CT molecular complexity index is 883. The van der Waals surface area contributed by atoms with E-state index in [-0.39, 0.29) is 19.1 Å². The van der Waals surface area contributed by atoms with E-state index in [2.05, 4.69) is 26.5 Å². The summed E-state index contributed by atoms with van der Waals surface area (Å²) < 4.78 is 16.2. The van der Waals surface area contributed by atoms with E-state index in [0.29, 0.717) is 27.1 Å². The van der Waals surface area contributed by atoms with Crippen LogP contribution in [0.25, 0.3) is 0 Å². The van der Waals surface area contributed by atoms with Crippen molar-refractivity contribution in [2.75, 3.05) is 20.3 Å². The predicted octanol–water partition coefficient (Wildman–Crippen LogP) is 3.47. The number of halogens is 1. The Kier molecular flexibility index (Phi) is 8.01. The number of nitrogens with zero attached hydrogens (tertiary/aromatic N) is 1. The maximum Gasteiger partial charge on any atom is 0.344 e. The number of benzene rings is 2. The van der Waals surface area contributed by atoms with Gasteiger partial charge in [-0.15, -0.1) is 0 Å². The van der Waals surface area contributed by atoms with Gasteiger partial charge in [0.2, 0.25) is 0 Å². The van der Waals surface area contributed by atoms with Crippen LogP contribution in [0.5, 0.6) is 11.5 Å². The second kappa shape index (κ2) is 10.5. The highest BCUT2D eigenvalue weighted by Crippen LogP contribution is 2.36. The Labute approximate surface area is 171 Å². The van der Waals surface area contributed by atoms with Gasteiger partial charge in [0.25, 0.3) is 5.91 Å². The Balaban J connectivity index is 2.09. The van der Waals surface area contributed by atoms with E-state index < -0.39 is 5.97 Å². The monoisotopic (exact) mass is 448 g/mol. The van der Waals surface area contributed by atoms with Crippen LogP contribution in [0.1, 0.15) is 28.4 Å². The average molecular weight is 449 g/mol. The molecular weight excluding hydrogens is 428 g/mol. The van der Waals surface area contributed by atoms with Gasteiger partial charge >= 0.3 is 5.97 Å². The van der Waals surface area contributed by atoms with E-state index in [1.165, 1.54) is 13.3 Å². The van der Waals surface area contributed by atoms with Crippen LogP contribution < -0.4 is 14.9 Å². The first-order valence-electron chi connectivity index (χ1n) is 8.51. The lowest BCUT2D eigenvalue weighted by Crippen LogP contribution is -2.18. The summed E-state index contributed by atoms with van der Waals surface area (Å²) >= 11 is 3.39. The molecule has 1 amide bonds. The largest absolute Gasteiger partial charge is 0.493 e. The molecule has 148 valence electrons. The summed E-state index contributed by atoms with van der Waals surface area (Å²) in [6, 6.07) is 10.7. The lowest BCUT2D eigenvalue weighted by atomic mass is 10.1. The molecular formula is C20H21BrN2O5. The molecule has 0 atom stereocenters. The van der Waals surface area contributed by atoms with Gasteiger partial charge in [-0.2, -0.15) is 5.10 Å². The van der Waals surface area contributed by atoms with Gasteiger partial charge in [-0.25, -0.2) is 10.2 Å². The number of esters is 1. The minimum absolute atomic E-state index is 0.233. The maximum absolute atomic E-state index is 12.2. The van der Waals surface area contributed by atoms with Gasteiger partial charge < -0.3 is 14.2 Å². The van der Waals surface area contributed by atoms with E-state index in [1.807, 2.05) is 19.1 Å². The molecule has 7 nitrogen and oxygen atoms in total. The second-order valence-corrected chi connectivity index (χ2v) is 6.50. The summed E-state index contributed by atoms with van der Waals surface area (Å²) in [5.74, 6) is 0.0118. The van der Waals surface area contributed by atoms with Crippen molar-refractivity contribution in [2.24, 2.45) is 5.10 Å². The third kappa shape index (κ3) is 5.82. The molecule has 0 fully saturated rings. The minimum Gasteiger partial charge on any atom is -0.493 e. The number of amides is 1. The van der Waals surface area contributed by atoms with Crippen LogP contribution in [-0.4, -0.2) is 38.4 Å². The molecule has 28 heavy (non-hydrogen) atoms. The van der Waals surface area contributed by atoms with Gasteiger partial charge in [-0.1, -0.05) is 18.2 Å². The molecule has 0 radical (unpaired) electrons. The van der Waals surface area contributed by atoms with Gasteiger partial charge in [-0.05, 0) is 59.1 Å². The lowest BCUT2D eigenvalue weighted by molar-refractivity contribution is -0.145. The van der Waals surface area contributed by atoms with Crippen molar-refractivity contribution in [3.05, 3.63) is 57.6 Å². The molecule has 0 aliphatic heterocycles. The lowest BCUT2D eigenvalue weighted by Gasteiger charge is -2.13. The third-order valence-corrected chi connectivity index (χ3v) is 4.25. The summed E-state index contributed by atoms with van der Waals surface area (Å²) in [6.07, 6.45) is 1.48. The van der Waals surface area contributed by atoms with E-state index in [9.17, 15) is 9.59 Å². The second-order valence-electron chi connectivity index (χ2n) is 5.64. The van der Waals surface area contributed by atoms with Crippen LogP contribution in [0.15, 0.2) is 46.0 Å². The van der Waals surface area contributed by atoms with Crippen LogP contribution in [0.2, 0.25) is 0 Å². The normalized spacial score (nSPS) is 10.6. The number of methoxy groups -OCH3 is 1. The summed E-state index contributed by atoms with van der Waals surface area (Å²) in [5.41, 5.74) is 4.58. The predicted molar refractivity (Wildman–Crippen MR) is 109 cm³/mol. The van der Waals surface area contributed by atoms with Crippen LogP contribution >= 0.6 is 15.9 Å². The number of hydrazone groups is 1. The Morgan fingerprint density at radius 1 is 1.25 bits per heavy atom. The molecule has 0 saturated carbocycles. The van der Waals surface area contributed by atoms with E-state index in [0.717, 1.165) is 5.56 Å². The van der Waals surface area contributed by atoms with Crippen LogP contribution in [0.3, 0.4) is 0 Å². The van der Waals surface area contributed by atoms with Gasteiger partial charge in [-0.3, -0.25) is 4.79 Å². The molecule has 0 aromatic heterocycles. The number of carbonyl (C=O) groups excluding carboxylic acids is 2. The molecule has 0 heterocycles. The van der Waals surface area contributed by atoms with Crippen molar-refractivity contribution in [1.29, 1.82) is 0 Å². The van der Waals surface area contributed by atoms with E-state index in [1.54, 1.807) is 31.2 Å². The summed E-state index contributed by atoms with van der Waals surface area (Å²) in [5, 5.41) is 3.99. The first kappa shape index (κ1) is 21.4. The molecule has 0 aliphatic carbocycles. The number of rotatable bonds is 8. The number of ether oxygens (including phenoxy) is 3. The molecule has 0 spiro atoms. The Hall–Kier alpha value is -2.87. The van der Waals surface area contributed by atoms with E-state index >= 15 is 0 Å². The van der Waals surface area contributed by atoms with Gasteiger partial charge in [0.15, 0.2) is 18.1 Å². The average Bonchev–Trinajstić information content (AvgIpc) is 2.67. The molecule has 1 N–H and O–H groups in total. The quantitative estimate of drug-likeness (QED) is 0.379. The topological polar surface area (TPSA) is 86.2 Å². The van der Waals surface area contributed by atoms with Crippen molar-refractivity contribution in [1.82, 2.24) is 5.43 Å². The smallest absolute Gasteiger partial charge is 0.344 e. The molecule has 0 saturated heterocycles. The highest BCUT2D eigenvalue weighted by molar-refractivity contribution is 9.10. The highest BCUT2D eigenvalue weighted by atomic mass is 79.9. The number of nitrogens with one attached hydrogen (secondary N) is 1. The molecule has 0 unspecified atom stereocenters. The third-order valence-electron chi connectivity index (χ3n) is 3.66. The van der Waals surface area contributed by atoms with Crippen molar-refractivity contribution < 1.29 is 23.8 Å². The van der Waals surface area contributed by atoms with Crippen molar-refractivity contribution in [2.45, 2.75) is 13.8 Å². The standard InChI is InChI=1S/C20H21BrN2O5/c1-4-27-18(24)12-28-19-16(21)9-14(10-17(19)26-3)11-22-23-20(25)15-8-6-5-7-13(15)2/h5-11H,4,12H2,1-3H3,(H,23,25)/b22-11-. The van der Waals surface area contributed by atoms with Crippen molar-refractivity contribution in [3.8, 4) is 11.5 Å². The number of hydrogen-bond donors (Lipinski definition) is 1. The zero-order valence-corrected chi connectivity index (χ0v) is 17.4. The van der Waals surface area contributed by atoms with Crippen LogP contribution in [-0.2, 0) is 9.53 Å². The molecule has 2 aromatic carbocycles. The summed E-state index contributed by atoms with van der Waals surface area (Å²) in [7, 11) is 1.49. The van der Waals surface area contributed by atoms with Gasteiger partial charge in [0.1, 0.15) is 0 Å². The fourth-order valence-corrected chi connectivity index (χ4v) is 2.92. The molecule has 2 rings (SSSR count). The van der Waals surface area contributed by atoms with E-state index in [4.69, 9.17) is 14.2 Å². The number of aryl methyl sites for hydroxylation is 1. The Morgan fingerprint density at radius 2 is 2.00 bits per heavy atom. The van der Waals surface area contributed by atoms with Crippen LogP contribution in [0, 0.1) is 6.92 Å². The summed E-state index contributed by atoms with van der Waals surface area (Å²) in [6.45, 7) is 3.63. The minimum atomic E-state index is -0.471. The molecule has 8 heteroatoms. The molecule has 0 bridgehead atoms. The van der Waals surface area contributed by atoms with Crippen LogP contribution in [0.4, 0.5) is 0 Å². The number of carbonyl (C=O) groups is 2. The van der Waals surface area contributed by atoms with Gasteiger partial charge in [0, 0.05) is 5.56 Å². The van der Waals surface area contributed by atoms with Gasteiger partial charge in [0.05, 0.1) is 24.4 Å². The number of hydrogen-bond acceptors (Lipinski definition) is 6. The fourth-order valence-electron chi connectivity index (χ4n) is 2.34. The first-order valence-corrected chi connectivity index (χ1v) is 9.30. The zero-order valence-electron chi connectivity index (χ0n) is 15.8. The maximum atomic E-state index is 12.2. The fraction of sp³-hybridized carbons (Fsp3) is 0.250. The van der Waals surface area contributed by atoms with Crippen molar-refractivity contribution in [3.63, 3.8) is 0 Å². The molecule has 0 aliphatic rings. The highest BCUT2D eigenvalue weighted by Gasteiger charge is 2.14. The first-order chi connectivity index (χ1) is 13.5.